The van der Waals surface area contributed by atoms with Crippen LogP contribution in [0, 0.1) is 29.1 Å². The van der Waals surface area contributed by atoms with Gasteiger partial charge < -0.3 is 30.5 Å². The SMILES string of the molecule is COc1c(CN2O[C@@H](CO)[C@@H]([C@H](C)O)[C@H]2C(=O)N[C@H]2C[C@H]3C[C@@H]([C@@H]2C)C3(C)C)cccc1-c1cc(C(=O)NCCN2C(=O)C=CC2=O)cc(N(C)C)c1. The molecular formula is C40H53N5O8. The molecule has 5 aliphatic rings. The smallest absolute Gasteiger partial charge is 0.253 e. The van der Waals surface area contributed by atoms with E-state index in [0.717, 1.165) is 17.0 Å². The van der Waals surface area contributed by atoms with Crippen molar-refractivity contribution in [3.63, 3.8) is 0 Å². The minimum absolute atomic E-state index is 0.0133. The third-order valence-electron chi connectivity index (χ3n) is 12.2. The molecule has 3 saturated carbocycles. The summed E-state index contributed by atoms with van der Waals surface area (Å²) in [5, 5.41) is 28.9. The Kier molecular flexibility index (Phi) is 11.0. The molecule has 4 N–H and O–H groups in total. The Morgan fingerprint density at radius 1 is 1.11 bits per heavy atom. The van der Waals surface area contributed by atoms with Gasteiger partial charge in [-0.25, -0.2) is 0 Å². The highest BCUT2D eigenvalue weighted by Crippen LogP contribution is 2.61. The number of anilines is 1. The average Bonchev–Trinajstić information content (AvgIpc) is 3.66. The lowest BCUT2D eigenvalue weighted by atomic mass is 9.45. The first-order valence-electron chi connectivity index (χ1n) is 18.5. The Labute approximate surface area is 311 Å². The Morgan fingerprint density at radius 2 is 1.83 bits per heavy atom. The fraction of sp³-hybridized carbons (Fsp3) is 0.550. The second-order valence-electron chi connectivity index (χ2n) is 15.8. The Morgan fingerprint density at radius 3 is 2.43 bits per heavy atom. The number of aliphatic hydroxyl groups excluding tert-OH is 2. The maximum atomic E-state index is 14.2. The van der Waals surface area contributed by atoms with Crippen molar-refractivity contribution in [2.24, 2.45) is 29.1 Å². The van der Waals surface area contributed by atoms with Crippen LogP contribution in [0.1, 0.15) is 56.5 Å². The molecule has 4 fully saturated rings. The molecule has 0 unspecified atom stereocenters. The average molecular weight is 732 g/mol. The van der Waals surface area contributed by atoms with Gasteiger partial charge in [0, 0.05) is 73.7 Å². The number of benzene rings is 2. The highest BCUT2D eigenvalue weighted by atomic mass is 16.7. The van der Waals surface area contributed by atoms with E-state index in [9.17, 15) is 29.4 Å². The number of carbonyl (C=O) groups excluding carboxylic acids is 4. The van der Waals surface area contributed by atoms with Crippen molar-refractivity contribution in [1.29, 1.82) is 0 Å². The zero-order valence-corrected chi connectivity index (χ0v) is 31.7. The van der Waals surface area contributed by atoms with Gasteiger partial charge >= 0.3 is 0 Å². The second-order valence-corrected chi connectivity index (χ2v) is 15.8. The van der Waals surface area contributed by atoms with E-state index >= 15 is 0 Å². The Hall–Kier alpha value is -4.30. The summed E-state index contributed by atoms with van der Waals surface area (Å²) in [5.74, 6) is -0.185. The van der Waals surface area contributed by atoms with Crippen molar-refractivity contribution in [1.82, 2.24) is 20.6 Å². The molecule has 2 bridgehead atoms. The summed E-state index contributed by atoms with van der Waals surface area (Å²) in [6.45, 7) is 8.37. The molecule has 7 rings (SSSR count). The van der Waals surface area contributed by atoms with E-state index < -0.39 is 36.0 Å². The van der Waals surface area contributed by atoms with E-state index in [1.807, 2.05) is 43.3 Å². The molecule has 8 atom stereocenters. The minimum Gasteiger partial charge on any atom is -0.496 e. The van der Waals surface area contributed by atoms with Gasteiger partial charge in [-0.15, -0.1) is 0 Å². The number of nitrogens with one attached hydrogen (secondary N) is 2. The Balaban J connectivity index is 1.25. The van der Waals surface area contributed by atoms with Crippen LogP contribution in [0.15, 0.2) is 48.6 Å². The molecule has 3 aliphatic carbocycles. The van der Waals surface area contributed by atoms with Crippen LogP contribution in [0.5, 0.6) is 5.75 Å². The molecule has 1 saturated heterocycles. The van der Waals surface area contributed by atoms with E-state index in [0.29, 0.717) is 45.8 Å². The normalized spacial score (nSPS) is 28.1. The predicted octanol–water partition coefficient (Wildman–Crippen LogP) is 2.74. The zero-order valence-electron chi connectivity index (χ0n) is 31.7. The molecule has 13 heteroatoms. The number of amides is 4. The Bertz CT molecular complexity index is 1760. The number of methoxy groups -OCH3 is 1. The fourth-order valence-corrected chi connectivity index (χ4v) is 9.02. The lowest BCUT2D eigenvalue weighted by Gasteiger charge is -2.62. The van der Waals surface area contributed by atoms with Gasteiger partial charge in [-0.05, 0) is 66.7 Å². The van der Waals surface area contributed by atoms with Gasteiger partial charge in [-0.2, -0.15) is 5.06 Å². The van der Waals surface area contributed by atoms with Crippen molar-refractivity contribution in [2.45, 2.75) is 71.4 Å². The summed E-state index contributed by atoms with van der Waals surface area (Å²) in [4.78, 5) is 60.7. The summed E-state index contributed by atoms with van der Waals surface area (Å²) >= 11 is 0. The zero-order chi connectivity index (χ0) is 38.4. The van der Waals surface area contributed by atoms with Crippen molar-refractivity contribution < 1.29 is 39.0 Å². The van der Waals surface area contributed by atoms with E-state index in [-0.39, 0.29) is 49.5 Å². The van der Waals surface area contributed by atoms with Gasteiger partial charge in [0.1, 0.15) is 17.9 Å². The summed E-state index contributed by atoms with van der Waals surface area (Å²) < 4.78 is 6.01. The largest absolute Gasteiger partial charge is 0.496 e. The number of nitrogens with zero attached hydrogens (tertiary/aromatic N) is 3. The number of ether oxygens (including phenoxy) is 1. The molecule has 2 aliphatic heterocycles. The molecule has 2 aromatic rings. The number of para-hydroxylation sites is 1. The molecule has 0 spiro atoms. The number of hydrogen-bond acceptors (Lipinski definition) is 10. The number of hydrogen-bond donors (Lipinski definition) is 4. The van der Waals surface area contributed by atoms with Crippen LogP contribution >= 0.6 is 0 Å². The monoisotopic (exact) mass is 731 g/mol. The summed E-state index contributed by atoms with van der Waals surface area (Å²) in [6.07, 6.45) is 2.79. The van der Waals surface area contributed by atoms with Gasteiger partial charge in [-0.3, -0.25) is 28.9 Å². The summed E-state index contributed by atoms with van der Waals surface area (Å²) in [7, 11) is 5.30. The lowest BCUT2D eigenvalue weighted by Crippen LogP contribution is -2.62. The van der Waals surface area contributed by atoms with Crippen LogP contribution in [0.2, 0.25) is 0 Å². The first-order valence-corrected chi connectivity index (χ1v) is 18.5. The van der Waals surface area contributed by atoms with Crippen molar-refractivity contribution >= 4 is 29.3 Å². The third-order valence-corrected chi connectivity index (χ3v) is 12.2. The fourth-order valence-electron chi connectivity index (χ4n) is 9.02. The summed E-state index contributed by atoms with van der Waals surface area (Å²) in [5.41, 5.74) is 3.51. The number of aliphatic hydroxyl groups is 2. The number of rotatable bonds is 13. The molecule has 2 aromatic carbocycles. The van der Waals surface area contributed by atoms with Crippen LogP contribution < -0.4 is 20.3 Å². The number of imide groups is 1. The highest BCUT2D eigenvalue weighted by Gasteiger charge is 2.57. The van der Waals surface area contributed by atoms with E-state index in [4.69, 9.17) is 9.57 Å². The third kappa shape index (κ3) is 7.31. The first kappa shape index (κ1) is 38.4. The molecule has 0 radical (unpaired) electrons. The molecule has 2 heterocycles. The first-order chi connectivity index (χ1) is 25.2. The van der Waals surface area contributed by atoms with Crippen LogP contribution in [0.4, 0.5) is 5.69 Å². The van der Waals surface area contributed by atoms with Gasteiger partial charge in [-0.1, -0.05) is 39.0 Å². The van der Waals surface area contributed by atoms with Gasteiger partial charge in [0.05, 0.1) is 26.4 Å². The van der Waals surface area contributed by atoms with Crippen LogP contribution in [0.25, 0.3) is 11.1 Å². The van der Waals surface area contributed by atoms with E-state index in [1.165, 1.54) is 18.6 Å². The van der Waals surface area contributed by atoms with Gasteiger partial charge in [0.15, 0.2) is 0 Å². The predicted molar refractivity (Wildman–Crippen MR) is 199 cm³/mol. The second kappa shape index (κ2) is 15.2. The highest BCUT2D eigenvalue weighted by molar-refractivity contribution is 6.12. The molecule has 0 aromatic heterocycles. The quantitative estimate of drug-likeness (QED) is 0.226. The van der Waals surface area contributed by atoms with Gasteiger partial charge in [0.25, 0.3) is 17.7 Å². The topological polar surface area (TPSA) is 161 Å². The van der Waals surface area contributed by atoms with Crippen molar-refractivity contribution in [2.75, 3.05) is 45.8 Å². The van der Waals surface area contributed by atoms with Crippen LogP contribution in [-0.2, 0) is 25.8 Å². The number of hydroxylamine groups is 2. The van der Waals surface area contributed by atoms with Crippen molar-refractivity contribution in [3.8, 4) is 16.9 Å². The van der Waals surface area contributed by atoms with E-state index in [1.54, 1.807) is 31.2 Å². The van der Waals surface area contributed by atoms with Crippen molar-refractivity contribution in [3.05, 3.63) is 59.7 Å². The minimum atomic E-state index is -0.927. The molecule has 286 valence electrons. The lowest BCUT2D eigenvalue weighted by molar-refractivity contribution is -0.183. The molecular weight excluding hydrogens is 678 g/mol. The van der Waals surface area contributed by atoms with Crippen LogP contribution in [-0.4, -0.2) is 109 Å². The standard InChI is InChI=1S/C40H53N5O8/c1-22-30-18-27(40(30,3)4)19-31(22)42-39(51)36-35(23(2)47)32(21-46)53-45(36)20-24-9-8-10-29(37(24)52-7)25-15-26(17-28(16-25)43(5)6)38(50)41-13-14-44-33(48)11-12-34(44)49/h8-12,15-17,22-23,27,30-32,35-36,46-47H,13-14,18-21H2,1-7H3,(H,41,50)(H,42,51)/t22-,23-,27+,30-,31-,32-,35+,36-/m0/s1. The number of carbonyl (C=O) groups is 4. The molecule has 13 nitrogen and oxygen atoms in total. The van der Waals surface area contributed by atoms with Gasteiger partial charge in [0.2, 0.25) is 5.91 Å². The van der Waals surface area contributed by atoms with Crippen LogP contribution in [0.3, 0.4) is 0 Å². The number of fused-ring (bicyclic) bond motifs is 2. The molecule has 4 amide bonds. The summed E-state index contributed by atoms with van der Waals surface area (Å²) in [6, 6.07) is 10.2. The maximum Gasteiger partial charge on any atom is 0.253 e. The maximum absolute atomic E-state index is 14.2. The molecule has 53 heavy (non-hydrogen) atoms. The van der Waals surface area contributed by atoms with E-state index in [2.05, 4.69) is 31.4 Å².